The van der Waals surface area contributed by atoms with Crippen molar-refractivity contribution < 1.29 is 4.79 Å². The molecule has 0 aliphatic heterocycles. The van der Waals surface area contributed by atoms with Gasteiger partial charge in [-0.1, -0.05) is 34.8 Å². The van der Waals surface area contributed by atoms with Crippen LogP contribution in [0.15, 0.2) is 30.3 Å². The first kappa shape index (κ1) is 17.0. The van der Waals surface area contributed by atoms with Crippen LogP contribution >= 0.6 is 34.8 Å². The standard InChI is InChI=1S/C16H13Cl3N4O/c1-22(2)13(24)8-23-14-11(18)7-12(19)20-15(14)21-16(23)9-3-5-10(17)6-4-9/h3-7H,8H2,1-2H3. The van der Waals surface area contributed by atoms with Crippen LogP contribution in [0.3, 0.4) is 0 Å². The van der Waals surface area contributed by atoms with Crippen LogP contribution in [0.5, 0.6) is 0 Å². The summed E-state index contributed by atoms with van der Waals surface area (Å²) in [4.78, 5) is 22.5. The van der Waals surface area contributed by atoms with Gasteiger partial charge in [0.05, 0.1) is 5.02 Å². The molecule has 3 rings (SSSR count). The lowest BCUT2D eigenvalue weighted by molar-refractivity contribution is -0.129. The van der Waals surface area contributed by atoms with Crippen LogP contribution in [0.2, 0.25) is 15.2 Å². The smallest absolute Gasteiger partial charge is 0.242 e. The zero-order chi connectivity index (χ0) is 17.4. The molecule has 5 nitrogen and oxygen atoms in total. The Hall–Kier alpha value is -1.82. The number of carbonyl (C=O) groups is 1. The molecule has 24 heavy (non-hydrogen) atoms. The first-order chi connectivity index (χ1) is 11.4. The van der Waals surface area contributed by atoms with Gasteiger partial charge >= 0.3 is 0 Å². The number of pyridine rings is 1. The second-order valence-corrected chi connectivity index (χ2v) is 6.65. The van der Waals surface area contributed by atoms with Crippen LogP contribution in [0.25, 0.3) is 22.6 Å². The van der Waals surface area contributed by atoms with E-state index >= 15 is 0 Å². The van der Waals surface area contributed by atoms with Gasteiger partial charge in [0, 0.05) is 24.7 Å². The molecular weight excluding hydrogens is 371 g/mol. The predicted octanol–water partition coefficient (Wildman–Crippen LogP) is 4.15. The lowest BCUT2D eigenvalue weighted by Crippen LogP contribution is -2.26. The highest BCUT2D eigenvalue weighted by molar-refractivity contribution is 6.37. The third-order valence-electron chi connectivity index (χ3n) is 3.53. The number of rotatable bonds is 3. The normalized spacial score (nSPS) is 11.0. The van der Waals surface area contributed by atoms with E-state index in [2.05, 4.69) is 9.97 Å². The van der Waals surface area contributed by atoms with Crippen molar-refractivity contribution in [3.63, 3.8) is 0 Å². The summed E-state index contributed by atoms with van der Waals surface area (Å²) in [6.45, 7) is 0.0878. The Labute approximate surface area is 153 Å². The SMILES string of the molecule is CN(C)C(=O)Cn1c(-c2ccc(Cl)cc2)nc2nc(Cl)cc(Cl)c21. The molecule has 3 aromatic rings. The number of amides is 1. The summed E-state index contributed by atoms with van der Waals surface area (Å²) < 4.78 is 1.74. The average molecular weight is 384 g/mol. The fourth-order valence-corrected chi connectivity index (χ4v) is 2.97. The number of hydrogen-bond acceptors (Lipinski definition) is 3. The minimum absolute atomic E-state index is 0.0875. The van der Waals surface area contributed by atoms with Crippen LogP contribution in [0, 0.1) is 0 Å². The van der Waals surface area contributed by atoms with E-state index in [1.54, 1.807) is 30.8 Å². The molecule has 0 N–H and O–H groups in total. The lowest BCUT2D eigenvalue weighted by Gasteiger charge is -2.14. The van der Waals surface area contributed by atoms with Crippen molar-refractivity contribution in [3.05, 3.63) is 45.5 Å². The Bertz CT molecular complexity index is 919. The molecule has 0 bridgehead atoms. The van der Waals surface area contributed by atoms with Gasteiger partial charge in [-0.3, -0.25) is 4.79 Å². The van der Waals surface area contributed by atoms with E-state index in [0.717, 1.165) is 5.56 Å². The number of nitrogens with zero attached hydrogens (tertiary/aromatic N) is 4. The maximum Gasteiger partial charge on any atom is 0.242 e. The minimum Gasteiger partial charge on any atom is -0.347 e. The maximum atomic E-state index is 12.2. The zero-order valence-corrected chi connectivity index (χ0v) is 15.2. The van der Waals surface area contributed by atoms with Crippen molar-refractivity contribution >= 4 is 51.9 Å². The molecule has 0 fully saturated rings. The number of halogens is 3. The summed E-state index contributed by atoms with van der Waals surface area (Å²) in [5.74, 6) is 0.490. The number of imidazole rings is 1. The molecule has 0 saturated heterocycles. The van der Waals surface area contributed by atoms with Crippen molar-refractivity contribution in [3.8, 4) is 11.4 Å². The number of likely N-dealkylation sites (N-methyl/N-ethyl adjacent to an activating group) is 1. The van der Waals surface area contributed by atoms with Gasteiger partial charge in [-0.15, -0.1) is 0 Å². The van der Waals surface area contributed by atoms with Crippen molar-refractivity contribution in [1.82, 2.24) is 19.4 Å². The van der Waals surface area contributed by atoms with Gasteiger partial charge in [0.2, 0.25) is 5.91 Å². The summed E-state index contributed by atoms with van der Waals surface area (Å²) in [7, 11) is 3.39. The topological polar surface area (TPSA) is 51.0 Å². The van der Waals surface area contributed by atoms with E-state index in [9.17, 15) is 4.79 Å². The molecule has 8 heteroatoms. The third kappa shape index (κ3) is 3.20. The summed E-state index contributed by atoms with van der Waals surface area (Å²) in [5.41, 5.74) is 1.77. The molecule has 0 aliphatic rings. The third-order valence-corrected chi connectivity index (χ3v) is 4.26. The van der Waals surface area contributed by atoms with Gasteiger partial charge in [-0.05, 0) is 30.3 Å². The summed E-state index contributed by atoms with van der Waals surface area (Å²) in [6.07, 6.45) is 0. The Morgan fingerprint density at radius 2 is 1.79 bits per heavy atom. The van der Waals surface area contributed by atoms with Crippen molar-refractivity contribution in [2.45, 2.75) is 6.54 Å². The highest BCUT2D eigenvalue weighted by atomic mass is 35.5. The van der Waals surface area contributed by atoms with Gasteiger partial charge < -0.3 is 9.47 Å². The molecule has 0 spiro atoms. The largest absolute Gasteiger partial charge is 0.347 e. The van der Waals surface area contributed by atoms with Gasteiger partial charge in [0.15, 0.2) is 5.65 Å². The fraction of sp³-hybridized carbons (Fsp3) is 0.188. The monoisotopic (exact) mass is 382 g/mol. The predicted molar refractivity (Wildman–Crippen MR) is 96.7 cm³/mol. The van der Waals surface area contributed by atoms with Crippen molar-refractivity contribution in [2.24, 2.45) is 0 Å². The molecule has 0 saturated carbocycles. The Balaban J connectivity index is 2.25. The molecule has 1 amide bonds. The van der Waals surface area contributed by atoms with E-state index in [4.69, 9.17) is 34.8 Å². The molecule has 0 radical (unpaired) electrons. The van der Waals surface area contributed by atoms with Crippen LogP contribution in [-0.2, 0) is 11.3 Å². The molecule has 0 aliphatic carbocycles. The second-order valence-electron chi connectivity index (χ2n) is 5.42. The van der Waals surface area contributed by atoms with Gasteiger partial charge in [-0.25, -0.2) is 9.97 Å². The maximum absolute atomic E-state index is 12.2. The lowest BCUT2D eigenvalue weighted by atomic mass is 10.2. The molecule has 124 valence electrons. The number of aromatic nitrogens is 3. The minimum atomic E-state index is -0.0875. The highest BCUT2D eigenvalue weighted by Crippen LogP contribution is 2.31. The van der Waals surface area contributed by atoms with Crippen molar-refractivity contribution in [1.29, 1.82) is 0 Å². The number of benzene rings is 1. The highest BCUT2D eigenvalue weighted by Gasteiger charge is 2.19. The average Bonchev–Trinajstić information content (AvgIpc) is 2.86. The molecule has 0 unspecified atom stereocenters. The van der Waals surface area contributed by atoms with Gasteiger partial charge in [0.1, 0.15) is 23.0 Å². The Kier molecular flexibility index (Phi) is 4.67. The molecule has 2 heterocycles. The molecule has 0 atom stereocenters. The first-order valence-electron chi connectivity index (χ1n) is 7.05. The van der Waals surface area contributed by atoms with E-state index < -0.39 is 0 Å². The second kappa shape index (κ2) is 6.59. The number of carbonyl (C=O) groups excluding carboxylic acids is 1. The summed E-state index contributed by atoms with van der Waals surface area (Å²) in [6, 6.07) is 8.72. The van der Waals surface area contributed by atoms with Crippen LogP contribution in [0.4, 0.5) is 0 Å². The van der Waals surface area contributed by atoms with E-state index in [-0.39, 0.29) is 17.6 Å². The van der Waals surface area contributed by atoms with E-state index in [0.29, 0.717) is 27.0 Å². The Morgan fingerprint density at radius 3 is 2.42 bits per heavy atom. The number of fused-ring (bicyclic) bond motifs is 1. The van der Waals surface area contributed by atoms with Crippen LogP contribution in [-0.4, -0.2) is 39.4 Å². The zero-order valence-electron chi connectivity index (χ0n) is 12.9. The summed E-state index contributed by atoms with van der Waals surface area (Å²) >= 11 is 18.2. The van der Waals surface area contributed by atoms with Crippen LogP contribution < -0.4 is 0 Å². The fourth-order valence-electron chi connectivity index (χ4n) is 2.31. The molecular formula is C16H13Cl3N4O. The molecule has 2 aromatic heterocycles. The van der Waals surface area contributed by atoms with Gasteiger partial charge in [-0.2, -0.15) is 0 Å². The first-order valence-corrected chi connectivity index (χ1v) is 8.18. The molecule has 1 aromatic carbocycles. The van der Waals surface area contributed by atoms with E-state index in [1.807, 2.05) is 12.1 Å². The Morgan fingerprint density at radius 1 is 1.12 bits per heavy atom. The number of hydrogen-bond donors (Lipinski definition) is 0. The van der Waals surface area contributed by atoms with Crippen LogP contribution in [0.1, 0.15) is 0 Å². The quantitative estimate of drug-likeness (QED) is 0.639. The summed E-state index contributed by atoms with van der Waals surface area (Å²) in [5, 5.41) is 1.26. The van der Waals surface area contributed by atoms with Crippen molar-refractivity contribution in [2.75, 3.05) is 14.1 Å². The van der Waals surface area contributed by atoms with E-state index in [1.165, 1.54) is 11.0 Å². The van der Waals surface area contributed by atoms with Gasteiger partial charge in [0.25, 0.3) is 0 Å².